The summed E-state index contributed by atoms with van der Waals surface area (Å²) in [5, 5.41) is 10.6. The summed E-state index contributed by atoms with van der Waals surface area (Å²) in [5.41, 5.74) is 0. The first-order valence-electron chi connectivity index (χ1n) is 42.6. The smallest absolute Gasteiger partial charge is 0.462 e. The van der Waals surface area contributed by atoms with Crippen molar-refractivity contribution in [3.63, 3.8) is 0 Å². The summed E-state index contributed by atoms with van der Waals surface area (Å²) in [7, 11) is -9.92. The van der Waals surface area contributed by atoms with Gasteiger partial charge >= 0.3 is 39.5 Å². The van der Waals surface area contributed by atoms with Crippen LogP contribution in [0.5, 0.6) is 0 Å². The lowest BCUT2D eigenvalue weighted by molar-refractivity contribution is -0.161. The minimum atomic E-state index is -4.96. The van der Waals surface area contributed by atoms with Crippen LogP contribution in [-0.2, 0) is 65.4 Å². The van der Waals surface area contributed by atoms with Crippen LogP contribution >= 0.6 is 15.6 Å². The SMILES string of the molecule is CCCCCCCCCCCCCCCCCCCCCCCCC(=O)O[C@H](COC(=O)CCCCCCCCCCCCCCCCCCCCC)COP(=O)(O)OC[C@@H](O)COP(=O)(O)OC[C@@H](COC(=O)CCCCCCCCC(C)CC)OC(=O)CCCCCCCCC(C)CC. The zero-order chi connectivity index (χ0) is 74.2. The maximum absolute atomic E-state index is 13.1. The Morgan fingerprint density at radius 2 is 0.475 bits per heavy atom. The van der Waals surface area contributed by atoms with Crippen LogP contribution in [0.2, 0.25) is 0 Å². The van der Waals surface area contributed by atoms with Gasteiger partial charge in [0.05, 0.1) is 26.4 Å². The Kier molecular flexibility index (Phi) is 72.2. The molecule has 0 saturated carbocycles. The molecule has 0 aromatic heterocycles. The molecule has 7 atom stereocenters. The van der Waals surface area contributed by atoms with Gasteiger partial charge in [-0.2, -0.15) is 0 Å². The molecule has 0 rings (SSSR count). The summed E-state index contributed by atoms with van der Waals surface area (Å²) in [6.07, 6.45) is 64.2. The molecule has 17 nitrogen and oxygen atoms in total. The fraction of sp³-hybridized carbons (Fsp3) is 0.951. The van der Waals surface area contributed by atoms with Crippen LogP contribution in [0.3, 0.4) is 0 Å². The van der Waals surface area contributed by atoms with E-state index < -0.39 is 97.5 Å². The lowest BCUT2D eigenvalue weighted by Gasteiger charge is -2.21. The van der Waals surface area contributed by atoms with Gasteiger partial charge < -0.3 is 33.8 Å². The summed E-state index contributed by atoms with van der Waals surface area (Å²) < 4.78 is 68.7. The molecule has 19 heteroatoms. The molecule has 4 unspecified atom stereocenters. The van der Waals surface area contributed by atoms with E-state index in [4.69, 9.17) is 37.0 Å². The van der Waals surface area contributed by atoms with Crippen molar-refractivity contribution in [2.45, 2.75) is 452 Å². The zero-order valence-electron chi connectivity index (χ0n) is 66.2. The molecule has 0 spiro atoms. The summed E-state index contributed by atoms with van der Waals surface area (Å²) in [6.45, 7) is 9.54. The number of ether oxygens (including phenoxy) is 4. The van der Waals surface area contributed by atoms with Crippen molar-refractivity contribution in [3.05, 3.63) is 0 Å². The number of carbonyl (C=O) groups excluding carboxylic acids is 4. The third kappa shape index (κ3) is 73.4. The summed E-state index contributed by atoms with van der Waals surface area (Å²) >= 11 is 0. The van der Waals surface area contributed by atoms with E-state index in [0.29, 0.717) is 25.7 Å². The average molecular weight is 1480 g/mol. The van der Waals surface area contributed by atoms with Crippen molar-refractivity contribution in [2.24, 2.45) is 11.8 Å². The Labute approximate surface area is 619 Å². The summed E-state index contributed by atoms with van der Waals surface area (Å²) in [6, 6.07) is 0. The topological polar surface area (TPSA) is 237 Å². The van der Waals surface area contributed by atoms with E-state index in [-0.39, 0.29) is 25.7 Å². The Bertz CT molecular complexity index is 1950. The van der Waals surface area contributed by atoms with Crippen molar-refractivity contribution in [1.82, 2.24) is 0 Å². The van der Waals surface area contributed by atoms with Crippen LogP contribution in [0.15, 0.2) is 0 Å². The van der Waals surface area contributed by atoms with Gasteiger partial charge in [0.15, 0.2) is 12.2 Å². The normalized spacial score (nSPS) is 14.4. The van der Waals surface area contributed by atoms with Gasteiger partial charge in [-0.15, -0.1) is 0 Å². The van der Waals surface area contributed by atoms with E-state index >= 15 is 0 Å². The third-order valence-electron chi connectivity index (χ3n) is 19.9. The zero-order valence-corrected chi connectivity index (χ0v) is 68.0. The maximum Gasteiger partial charge on any atom is 0.472 e. The Morgan fingerprint density at radius 1 is 0.277 bits per heavy atom. The molecular weight excluding hydrogens is 1320 g/mol. The van der Waals surface area contributed by atoms with Crippen molar-refractivity contribution < 1.29 is 80.2 Å². The van der Waals surface area contributed by atoms with Gasteiger partial charge in [0.2, 0.25) is 0 Å². The van der Waals surface area contributed by atoms with Crippen molar-refractivity contribution in [1.29, 1.82) is 0 Å². The first-order valence-corrected chi connectivity index (χ1v) is 45.6. The molecule has 600 valence electrons. The monoisotopic (exact) mass is 1480 g/mol. The quantitative estimate of drug-likeness (QED) is 0.0222. The highest BCUT2D eigenvalue weighted by Gasteiger charge is 2.30. The molecule has 0 aromatic carbocycles. The predicted octanol–water partition coefficient (Wildman–Crippen LogP) is 24.7. The van der Waals surface area contributed by atoms with Gasteiger partial charge in [0, 0.05) is 25.7 Å². The van der Waals surface area contributed by atoms with Crippen LogP contribution in [0, 0.1) is 11.8 Å². The number of esters is 4. The molecule has 0 heterocycles. The third-order valence-corrected chi connectivity index (χ3v) is 21.8. The molecule has 101 heavy (non-hydrogen) atoms. The number of aliphatic hydroxyl groups is 1. The molecular formula is C82H160O17P2. The maximum atomic E-state index is 13.1. The van der Waals surface area contributed by atoms with Crippen molar-refractivity contribution in [2.75, 3.05) is 39.6 Å². The number of hydrogen-bond acceptors (Lipinski definition) is 15. The number of carbonyl (C=O) groups is 4. The fourth-order valence-corrected chi connectivity index (χ4v) is 14.2. The second-order valence-electron chi connectivity index (χ2n) is 30.0. The molecule has 0 aliphatic heterocycles. The molecule has 3 N–H and O–H groups in total. The molecule has 0 bridgehead atoms. The lowest BCUT2D eigenvalue weighted by atomic mass is 10.00. The number of unbranched alkanes of at least 4 members (excludes halogenated alkanes) is 49. The van der Waals surface area contributed by atoms with Gasteiger partial charge in [-0.1, -0.05) is 382 Å². The van der Waals surface area contributed by atoms with E-state index in [1.807, 2.05) is 0 Å². The Balaban J connectivity index is 5.18. The van der Waals surface area contributed by atoms with E-state index in [0.717, 1.165) is 108 Å². The van der Waals surface area contributed by atoms with Crippen LogP contribution in [-0.4, -0.2) is 96.7 Å². The number of phosphoric ester groups is 2. The standard InChI is InChI=1S/C82H160O17P2/c1-7-11-13-15-17-19-21-23-25-27-29-30-31-33-35-37-39-41-43-45-54-60-66-81(86)98-77(70-92-79(84)64-58-52-44-42-40-38-36-34-32-28-26-24-22-20-18-16-14-12-8-2)72-96-100(88,89)94-68-76(83)69-95-101(90,91)97-73-78(99-82(87)67-61-55-49-47-51-57-63-75(6)10-4)71-93-80(85)65-59-53-48-46-50-56-62-74(5)9-3/h74-78,83H,7-73H2,1-6H3,(H,88,89)(H,90,91)/t74?,75?,76-,77-,78-/m1/s1. The minimum absolute atomic E-state index is 0.102. The number of hydrogen-bond donors (Lipinski definition) is 3. The molecule has 0 aromatic rings. The van der Waals surface area contributed by atoms with Crippen LogP contribution in [0.4, 0.5) is 0 Å². The highest BCUT2D eigenvalue weighted by atomic mass is 31.2. The van der Waals surface area contributed by atoms with Crippen LogP contribution in [0.1, 0.15) is 433 Å². The predicted molar refractivity (Wildman–Crippen MR) is 414 cm³/mol. The van der Waals surface area contributed by atoms with E-state index in [9.17, 15) is 43.2 Å². The molecule has 0 aliphatic rings. The minimum Gasteiger partial charge on any atom is -0.462 e. The number of phosphoric acid groups is 2. The fourth-order valence-electron chi connectivity index (χ4n) is 12.6. The first kappa shape index (κ1) is 99.1. The highest BCUT2D eigenvalue weighted by Crippen LogP contribution is 2.45. The molecule has 0 amide bonds. The lowest BCUT2D eigenvalue weighted by Crippen LogP contribution is -2.30. The van der Waals surface area contributed by atoms with Crippen LogP contribution < -0.4 is 0 Å². The van der Waals surface area contributed by atoms with Crippen LogP contribution in [0.25, 0.3) is 0 Å². The highest BCUT2D eigenvalue weighted by molar-refractivity contribution is 7.47. The molecule has 0 radical (unpaired) electrons. The second-order valence-corrected chi connectivity index (χ2v) is 32.9. The van der Waals surface area contributed by atoms with Gasteiger partial charge in [0.25, 0.3) is 0 Å². The van der Waals surface area contributed by atoms with Crippen molar-refractivity contribution >= 4 is 39.5 Å². The van der Waals surface area contributed by atoms with Gasteiger partial charge in [-0.05, 0) is 37.5 Å². The number of rotatable bonds is 81. The number of aliphatic hydroxyl groups excluding tert-OH is 1. The Hall–Kier alpha value is -1.94. The molecule has 0 saturated heterocycles. The average Bonchev–Trinajstić information content (AvgIpc) is 3.04. The summed E-state index contributed by atoms with van der Waals surface area (Å²) in [4.78, 5) is 73.0. The largest absolute Gasteiger partial charge is 0.472 e. The van der Waals surface area contributed by atoms with E-state index in [2.05, 4.69) is 41.5 Å². The van der Waals surface area contributed by atoms with Gasteiger partial charge in [-0.25, -0.2) is 9.13 Å². The van der Waals surface area contributed by atoms with Gasteiger partial charge in [-0.3, -0.25) is 37.3 Å². The van der Waals surface area contributed by atoms with Crippen molar-refractivity contribution in [3.8, 4) is 0 Å². The van der Waals surface area contributed by atoms with E-state index in [1.165, 1.54) is 244 Å². The summed E-state index contributed by atoms with van der Waals surface area (Å²) in [5.74, 6) is -0.664. The Morgan fingerprint density at radius 3 is 0.703 bits per heavy atom. The van der Waals surface area contributed by atoms with Gasteiger partial charge in [0.1, 0.15) is 19.3 Å². The molecule has 0 fully saturated rings. The second kappa shape index (κ2) is 73.6. The molecule has 0 aliphatic carbocycles. The van der Waals surface area contributed by atoms with E-state index in [1.54, 1.807) is 0 Å². The first-order chi connectivity index (χ1) is 48.9.